The molecule has 0 aliphatic heterocycles. The fourth-order valence-corrected chi connectivity index (χ4v) is 2.06. The van der Waals surface area contributed by atoms with Crippen molar-refractivity contribution in [2.24, 2.45) is 0 Å². The van der Waals surface area contributed by atoms with Gasteiger partial charge in [0.2, 0.25) is 5.91 Å². The second kappa shape index (κ2) is 8.13. The van der Waals surface area contributed by atoms with Crippen molar-refractivity contribution in [3.63, 3.8) is 0 Å². The number of carbonyl (C=O) groups excluding carboxylic acids is 2. The average Bonchev–Trinajstić information content (AvgIpc) is 2.55. The van der Waals surface area contributed by atoms with Crippen LogP contribution in [0.15, 0.2) is 48.5 Å². The van der Waals surface area contributed by atoms with Gasteiger partial charge in [0.05, 0.1) is 18.6 Å². The second-order valence-electron chi connectivity index (χ2n) is 5.42. The van der Waals surface area contributed by atoms with Gasteiger partial charge in [-0.1, -0.05) is 36.8 Å². The summed E-state index contributed by atoms with van der Waals surface area (Å²) in [7, 11) is 0. The molecule has 0 radical (unpaired) electrons. The van der Waals surface area contributed by atoms with Gasteiger partial charge >= 0.3 is 5.97 Å². The molecule has 0 fully saturated rings. The molecule has 1 N–H and O–H groups in total. The third-order valence-corrected chi connectivity index (χ3v) is 3.33. The molecule has 1 amide bonds. The molecule has 0 aliphatic rings. The molecule has 0 saturated carbocycles. The number of ether oxygens (including phenoxy) is 1. The lowest BCUT2D eigenvalue weighted by Gasteiger charge is -2.07. The fourth-order valence-electron chi connectivity index (χ4n) is 2.06. The highest BCUT2D eigenvalue weighted by atomic mass is 16.5. The average molecular weight is 311 g/mol. The number of nitrogens with one attached hydrogen (secondary N) is 1. The van der Waals surface area contributed by atoms with E-state index in [0.717, 1.165) is 12.0 Å². The predicted octanol–water partition coefficient (Wildman–Crippen LogP) is 3.74. The third-order valence-electron chi connectivity index (χ3n) is 3.33. The monoisotopic (exact) mass is 311 g/mol. The van der Waals surface area contributed by atoms with Crippen LogP contribution in [0.1, 0.15) is 34.8 Å². The molecule has 0 atom stereocenters. The quantitative estimate of drug-likeness (QED) is 0.827. The number of esters is 1. The van der Waals surface area contributed by atoms with Crippen molar-refractivity contribution in [2.75, 3.05) is 11.9 Å². The zero-order chi connectivity index (χ0) is 16.7. The van der Waals surface area contributed by atoms with E-state index in [1.54, 1.807) is 24.3 Å². The van der Waals surface area contributed by atoms with Crippen molar-refractivity contribution < 1.29 is 14.3 Å². The molecule has 0 aliphatic carbocycles. The Kier molecular flexibility index (Phi) is 5.92. The molecule has 0 spiro atoms. The summed E-state index contributed by atoms with van der Waals surface area (Å²) in [5.74, 6) is -0.431. The predicted molar refractivity (Wildman–Crippen MR) is 90.5 cm³/mol. The van der Waals surface area contributed by atoms with E-state index in [9.17, 15) is 9.59 Å². The van der Waals surface area contributed by atoms with Crippen LogP contribution < -0.4 is 5.32 Å². The molecule has 23 heavy (non-hydrogen) atoms. The van der Waals surface area contributed by atoms with Crippen LogP contribution in [0.3, 0.4) is 0 Å². The van der Waals surface area contributed by atoms with Gasteiger partial charge in [-0.15, -0.1) is 0 Å². The van der Waals surface area contributed by atoms with E-state index < -0.39 is 0 Å². The molecule has 0 unspecified atom stereocenters. The Morgan fingerprint density at radius 1 is 1.00 bits per heavy atom. The maximum atomic E-state index is 12.0. The third kappa shape index (κ3) is 5.25. The topological polar surface area (TPSA) is 55.4 Å². The van der Waals surface area contributed by atoms with E-state index in [2.05, 4.69) is 5.32 Å². The number of hydrogen-bond acceptors (Lipinski definition) is 3. The molecule has 4 heteroatoms. The summed E-state index contributed by atoms with van der Waals surface area (Å²) in [4.78, 5) is 23.7. The Balaban J connectivity index is 1.91. The molecule has 0 aromatic heterocycles. The van der Waals surface area contributed by atoms with Crippen molar-refractivity contribution in [1.29, 1.82) is 0 Å². The molecule has 0 heterocycles. The summed E-state index contributed by atoms with van der Waals surface area (Å²) in [6.45, 7) is 4.37. The lowest BCUT2D eigenvalue weighted by molar-refractivity contribution is -0.115. The molecule has 2 aromatic rings. The summed E-state index contributed by atoms with van der Waals surface area (Å²) >= 11 is 0. The van der Waals surface area contributed by atoms with E-state index >= 15 is 0 Å². The van der Waals surface area contributed by atoms with Crippen molar-refractivity contribution in [1.82, 2.24) is 0 Å². The first-order valence-corrected chi connectivity index (χ1v) is 7.71. The van der Waals surface area contributed by atoms with E-state index in [0.29, 0.717) is 24.3 Å². The molecule has 4 nitrogen and oxygen atoms in total. The van der Waals surface area contributed by atoms with Crippen molar-refractivity contribution >= 4 is 17.6 Å². The first-order chi connectivity index (χ1) is 11.1. The summed E-state index contributed by atoms with van der Waals surface area (Å²) in [5, 5.41) is 2.82. The first kappa shape index (κ1) is 16.7. The smallest absolute Gasteiger partial charge is 0.338 e. The highest BCUT2D eigenvalue weighted by Crippen LogP contribution is 2.12. The Labute approximate surface area is 136 Å². The van der Waals surface area contributed by atoms with E-state index in [4.69, 9.17) is 4.74 Å². The van der Waals surface area contributed by atoms with Gasteiger partial charge < -0.3 is 10.1 Å². The molecule has 0 saturated heterocycles. The van der Waals surface area contributed by atoms with Gasteiger partial charge in [-0.25, -0.2) is 4.79 Å². The number of hydrogen-bond donors (Lipinski definition) is 1. The van der Waals surface area contributed by atoms with E-state index in [-0.39, 0.29) is 11.9 Å². The van der Waals surface area contributed by atoms with E-state index in [1.807, 2.05) is 38.1 Å². The minimum Gasteiger partial charge on any atom is -0.462 e. The summed E-state index contributed by atoms with van der Waals surface area (Å²) in [5.41, 5.74) is 3.27. The zero-order valence-electron chi connectivity index (χ0n) is 13.5. The van der Waals surface area contributed by atoms with Crippen LogP contribution in [0.5, 0.6) is 0 Å². The van der Waals surface area contributed by atoms with Crippen LogP contribution in [0.25, 0.3) is 0 Å². The first-order valence-electron chi connectivity index (χ1n) is 7.71. The summed E-state index contributed by atoms with van der Waals surface area (Å²) in [6, 6.07) is 14.6. The molecular formula is C19H21NO3. The van der Waals surface area contributed by atoms with Crippen LogP contribution in [0.4, 0.5) is 5.69 Å². The van der Waals surface area contributed by atoms with E-state index in [1.165, 1.54) is 5.56 Å². The largest absolute Gasteiger partial charge is 0.462 e. The second-order valence-corrected chi connectivity index (χ2v) is 5.42. The number of carbonyl (C=O) groups is 2. The molecule has 0 bridgehead atoms. The van der Waals surface area contributed by atoms with Gasteiger partial charge in [0.25, 0.3) is 0 Å². The van der Waals surface area contributed by atoms with Gasteiger partial charge in [-0.2, -0.15) is 0 Å². The van der Waals surface area contributed by atoms with Crippen molar-refractivity contribution in [3.05, 3.63) is 65.2 Å². The normalized spacial score (nSPS) is 10.2. The zero-order valence-corrected chi connectivity index (χ0v) is 13.5. The SMILES string of the molecule is CCCOC(=O)c1ccc(NC(=O)Cc2ccc(C)cc2)cc1. The molecule has 2 rings (SSSR count). The van der Waals surface area contributed by atoms with Gasteiger partial charge in [0, 0.05) is 5.69 Å². The van der Waals surface area contributed by atoms with Crippen LogP contribution >= 0.6 is 0 Å². The number of amides is 1. The van der Waals surface area contributed by atoms with Gasteiger partial charge in [-0.3, -0.25) is 4.79 Å². The van der Waals surface area contributed by atoms with Crippen LogP contribution in [-0.2, 0) is 16.0 Å². The minimum atomic E-state index is -0.343. The van der Waals surface area contributed by atoms with Crippen LogP contribution in [-0.4, -0.2) is 18.5 Å². The van der Waals surface area contributed by atoms with Crippen molar-refractivity contribution in [3.8, 4) is 0 Å². The Morgan fingerprint density at radius 3 is 2.26 bits per heavy atom. The highest BCUT2D eigenvalue weighted by Gasteiger charge is 2.08. The summed E-state index contributed by atoms with van der Waals surface area (Å²) in [6.07, 6.45) is 1.11. The standard InChI is InChI=1S/C19H21NO3/c1-3-12-23-19(22)16-8-10-17(11-9-16)20-18(21)13-15-6-4-14(2)5-7-15/h4-11H,3,12-13H2,1-2H3,(H,20,21). The Morgan fingerprint density at radius 2 is 1.65 bits per heavy atom. The number of benzene rings is 2. The number of anilines is 1. The number of rotatable bonds is 6. The lowest BCUT2D eigenvalue weighted by atomic mass is 10.1. The Hall–Kier alpha value is -2.62. The fraction of sp³-hybridized carbons (Fsp3) is 0.263. The molecule has 2 aromatic carbocycles. The van der Waals surface area contributed by atoms with Gasteiger partial charge in [-0.05, 0) is 43.2 Å². The Bertz CT molecular complexity index is 660. The molecule has 120 valence electrons. The minimum absolute atomic E-state index is 0.0878. The number of aryl methyl sites for hydroxylation is 1. The highest BCUT2D eigenvalue weighted by molar-refractivity contribution is 5.94. The summed E-state index contributed by atoms with van der Waals surface area (Å²) < 4.78 is 5.06. The van der Waals surface area contributed by atoms with Crippen LogP contribution in [0.2, 0.25) is 0 Å². The van der Waals surface area contributed by atoms with Crippen molar-refractivity contribution in [2.45, 2.75) is 26.7 Å². The maximum absolute atomic E-state index is 12.0. The molecular weight excluding hydrogens is 290 g/mol. The van der Waals surface area contributed by atoms with Gasteiger partial charge in [0.1, 0.15) is 0 Å². The maximum Gasteiger partial charge on any atom is 0.338 e. The van der Waals surface area contributed by atoms with Crippen LogP contribution in [0, 0.1) is 6.92 Å². The van der Waals surface area contributed by atoms with Gasteiger partial charge in [0.15, 0.2) is 0 Å². The lowest BCUT2D eigenvalue weighted by Crippen LogP contribution is -2.14.